The number of aromatic amines is 1. The molecular formula is C85H96F12N18S4. The molecule has 0 radical (unpaired) electrons. The van der Waals surface area contributed by atoms with Gasteiger partial charge < -0.3 is 39.2 Å². The number of likely N-dealkylation sites (tertiary alicyclic amines) is 4. The minimum atomic E-state index is -4.23. The van der Waals surface area contributed by atoms with E-state index in [2.05, 4.69) is 154 Å². The van der Waals surface area contributed by atoms with E-state index in [1.54, 1.807) is 24.3 Å². The van der Waals surface area contributed by atoms with E-state index in [4.69, 9.17) is 6.57 Å². The van der Waals surface area contributed by atoms with Crippen molar-refractivity contribution in [2.24, 2.45) is 33.5 Å². The van der Waals surface area contributed by atoms with E-state index in [-0.39, 0.29) is 15.7 Å². The molecule has 11 aromatic rings. The number of thiophene rings is 4. The van der Waals surface area contributed by atoms with Gasteiger partial charge in [-0.2, -0.15) is 52.7 Å². The third kappa shape index (κ3) is 19.7. The molecule has 8 aliphatic rings. The second kappa shape index (κ2) is 33.6. The van der Waals surface area contributed by atoms with Gasteiger partial charge in [0.25, 0.3) is 0 Å². The van der Waals surface area contributed by atoms with Crippen molar-refractivity contribution in [3.8, 4) is 0 Å². The molecule has 1 N–H and O–H groups in total. The normalized spacial score (nSPS) is 19.6. The molecule has 1 unspecified atom stereocenters. The van der Waals surface area contributed by atoms with Gasteiger partial charge in [-0.3, -0.25) is 9.80 Å². The van der Waals surface area contributed by atoms with Gasteiger partial charge in [-0.25, -0.2) is 39.9 Å². The van der Waals surface area contributed by atoms with Gasteiger partial charge >= 0.3 is 24.7 Å². The van der Waals surface area contributed by atoms with Crippen LogP contribution in [0.25, 0.3) is 56.6 Å². The lowest BCUT2D eigenvalue weighted by molar-refractivity contribution is -0.127. The average Bonchev–Trinajstić information content (AvgIpc) is 1.57. The molecule has 17 heterocycles. The quantitative estimate of drug-likeness (QED) is 0.0680. The van der Waals surface area contributed by atoms with Crippen molar-refractivity contribution in [2.75, 3.05) is 137 Å². The number of hydrogen-bond acceptors (Lipinski definition) is 20. The molecule has 8 aliphatic heterocycles. The number of piperidine rings is 1. The van der Waals surface area contributed by atoms with E-state index >= 15 is 0 Å². The number of benzene rings is 2. The molecule has 18 nitrogen and oxygen atoms in total. The van der Waals surface area contributed by atoms with Crippen LogP contribution in [0.1, 0.15) is 109 Å². The monoisotopic (exact) mass is 1720 g/mol. The number of rotatable bonds is 17. The molecule has 34 heteroatoms. The van der Waals surface area contributed by atoms with Gasteiger partial charge in [-0.05, 0) is 129 Å². The third-order valence-electron chi connectivity index (χ3n) is 25.0. The number of halogens is 12. The van der Waals surface area contributed by atoms with E-state index in [0.29, 0.717) is 56.5 Å². The van der Waals surface area contributed by atoms with Gasteiger partial charge in [0.15, 0.2) is 0 Å². The first-order chi connectivity index (χ1) is 56.6. The molecule has 119 heavy (non-hydrogen) atoms. The predicted octanol–water partition coefficient (Wildman–Crippen LogP) is 19.5. The van der Waals surface area contributed by atoms with Crippen molar-refractivity contribution < 1.29 is 52.7 Å². The Labute approximate surface area is 698 Å². The fraction of sp³-hybridized carbons (Fsp3) is 0.541. The van der Waals surface area contributed by atoms with Crippen LogP contribution in [0.2, 0.25) is 0 Å². The molecule has 0 amide bonds. The number of fused-ring (bicyclic) bond motifs is 5. The number of aromatic nitrogens is 9. The van der Waals surface area contributed by atoms with Crippen molar-refractivity contribution in [1.82, 2.24) is 64.5 Å². The highest BCUT2D eigenvalue weighted by atomic mass is 32.1. The summed E-state index contributed by atoms with van der Waals surface area (Å²) in [5.74, 6) is 5.09. The van der Waals surface area contributed by atoms with Gasteiger partial charge in [-0.15, -0.1) is 45.3 Å². The SMILES string of the molecule is CC(C)CN1CCC2(CC1)CCN(c1ncnc3sc(CC(F)(F)F)cc13)C2.CCC(C)CN1CC2(CCN(c3ncnc4sc(CC(F)(F)F)cc34)C2)C1.FC(F)(F)Cc1cc2c(N3CCC4(CN(Cc5ccccc5)C4)C3)ncnc2s1.[C-]#[N+]c1cc2c(C)c(CN3CC4(CCN(c5ncnc6sc(CC(F)(F)F)cc56)C4)C3)ccc2[nH]1. The van der Waals surface area contributed by atoms with Gasteiger partial charge in [0.2, 0.25) is 5.82 Å². The maximum Gasteiger partial charge on any atom is 0.393 e. The Morgan fingerprint density at radius 1 is 0.420 bits per heavy atom. The zero-order chi connectivity index (χ0) is 83.6. The molecule has 1 atom stereocenters. The Morgan fingerprint density at radius 3 is 1.15 bits per heavy atom. The summed E-state index contributed by atoms with van der Waals surface area (Å²) in [4.78, 5) is 63.9. The molecule has 0 saturated carbocycles. The molecule has 8 fully saturated rings. The Balaban J connectivity index is 0.000000119. The summed E-state index contributed by atoms with van der Waals surface area (Å²) in [7, 11) is 0. The first-order valence-electron chi connectivity index (χ1n) is 40.7. The third-order valence-corrected chi connectivity index (χ3v) is 29.2. The summed E-state index contributed by atoms with van der Waals surface area (Å²) in [6, 6.07) is 23.1. The highest BCUT2D eigenvalue weighted by Crippen LogP contribution is 2.50. The van der Waals surface area contributed by atoms with Crippen molar-refractivity contribution in [3.05, 3.63) is 146 Å². The molecule has 0 aliphatic carbocycles. The summed E-state index contributed by atoms with van der Waals surface area (Å²) in [6.45, 7) is 38.3. The summed E-state index contributed by atoms with van der Waals surface area (Å²) in [5.41, 5.74) is 5.87. The lowest BCUT2D eigenvalue weighted by atomic mass is 9.77. The highest BCUT2D eigenvalue weighted by molar-refractivity contribution is 7.19. The number of aryl methyl sites for hydroxylation is 1. The van der Waals surface area contributed by atoms with Crippen LogP contribution in [0.15, 0.2) is 98.1 Å². The first-order valence-corrected chi connectivity index (χ1v) is 44.0. The molecule has 2 aromatic carbocycles. The van der Waals surface area contributed by atoms with Crippen LogP contribution >= 0.6 is 45.3 Å². The van der Waals surface area contributed by atoms with Crippen molar-refractivity contribution in [2.45, 2.75) is 143 Å². The molecule has 19 rings (SSSR count). The number of nitrogens with one attached hydrogen (secondary N) is 1. The molecule has 0 bridgehead atoms. The molecule has 9 aromatic heterocycles. The smallest absolute Gasteiger partial charge is 0.364 e. The Hall–Kier alpha value is -8.17. The fourth-order valence-electron chi connectivity index (χ4n) is 19.4. The molecule has 634 valence electrons. The van der Waals surface area contributed by atoms with Crippen molar-refractivity contribution in [1.29, 1.82) is 0 Å². The van der Waals surface area contributed by atoms with E-state index < -0.39 is 50.4 Å². The van der Waals surface area contributed by atoms with Gasteiger partial charge in [0, 0.05) is 159 Å². The van der Waals surface area contributed by atoms with E-state index in [1.807, 2.05) is 18.2 Å². The first kappa shape index (κ1) is 84.4. The zero-order valence-corrected chi connectivity index (χ0v) is 70.3. The maximum atomic E-state index is 12.9. The number of nitrogens with zero attached hydrogens (tertiary/aromatic N) is 17. The number of H-pyrrole nitrogens is 1. The number of hydrogen-bond donors (Lipinski definition) is 1. The Morgan fingerprint density at radius 2 is 0.782 bits per heavy atom. The molecule has 4 spiro atoms. The second-order valence-electron chi connectivity index (χ2n) is 35.1. The van der Waals surface area contributed by atoms with Crippen LogP contribution in [0.4, 0.5) is 81.8 Å². The van der Waals surface area contributed by atoms with E-state index in [0.717, 1.165) is 264 Å². The Bertz CT molecular complexity index is 5430. The van der Waals surface area contributed by atoms with Crippen LogP contribution in [-0.4, -0.2) is 207 Å². The van der Waals surface area contributed by atoms with Gasteiger partial charge in [0.05, 0.1) is 47.2 Å². The summed E-state index contributed by atoms with van der Waals surface area (Å²) in [6.07, 6.45) is -6.62. The van der Waals surface area contributed by atoms with E-state index in [1.165, 1.54) is 61.3 Å². The summed E-state index contributed by atoms with van der Waals surface area (Å²) >= 11 is 4.46. The Kier molecular flexibility index (Phi) is 23.8. The summed E-state index contributed by atoms with van der Waals surface area (Å²) < 4.78 is 154. The largest absolute Gasteiger partial charge is 0.393 e. The lowest BCUT2D eigenvalue weighted by Gasteiger charge is -2.49. The van der Waals surface area contributed by atoms with E-state index in [9.17, 15) is 52.7 Å². The highest BCUT2D eigenvalue weighted by Gasteiger charge is 2.52. The van der Waals surface area contributed by atoms with Gasteiger partial charge in [0.1, 0.15) is 73.4 Å². The maximum absolute atomic E-state index is 12.9. The number of alkyl halides is 12. The van der Waals surface area contributed by atoms with Crippen LogP contribution < -0.4 is 19.6 Å². The minimum absolute atomic E-state index is 0.186. The molecule has 8 saturated heterocycles. The summed E-state index contributed by atoms with van der Waals surface area (Å²) in [5, 5.41) is 4.09. The zero-order valence-electron chi connectivity index (χ0n) is 67.1. The average molecular weight is 1730 g/mol. The predicted molar refractivity (Wildman–Crippen MR) is 448 cm³/mol. The number of anilines is 4. The van der Waals surface area contributed by atoms with Crippen LogP contribution in [-0.2, 0) is 38.8 Å². The van der Waals surface area contributed by atoms with Crippen LogP contribution in [0.5, 0.6) is 0 Å². The minimum Gasteiger partial charge on any atom is -0.364 e. The molecular weight excluding hydrogens is 1630 g/mol. The lowest BCUT2D eigenvalue weighted by Crippen LogP contribution is -2.58. The van der Waals surface area contributed by atoms with Crippen molar-refractivity contribution >= 4 is 126 Å². The van der Waals surface area contributed by atoms with Gasteiger partial charge in [-0.1, -0.05) is 77.1 Å². The van der Waals surface area contributed by atoms with Crippen LogP contribution in [0.3, 0.4) is 0 Å². The second-order valence-corrected chi connectivity index (χ2v) is 39.6. The van der Waals surface area contributed by atoms with Crippen LogP contribution in [0, 0.1) is 47.0 Å². The standard InChI is InChI=1S/C25H23F3N6S.C21H21F3N4S.C20H27F3N4S.C19H25F3N4S/c1-15-16(3-4-20-18(15)8-21(29-2)32-20)10-33-11-24(12-33)5-6-34(13-24)22-19-7-17(9-25(26,27)28)35-23(19)31-14-30-22;22-21(23,24)9-16-8-17-18(25-14-26-19(17)29-16)28-7-6-20(13-28)11-27(12-20)10-15-4-2-1-3-5-15;1-14(2)11-26-6-3-19(4-7-26)5-8-27(12-19)17-16-9-15(10-20(21,22)23)28-18(16)25-13-24-17;1-3-13(2)8-25-9-18(10-25)4-5-26(11-18)16-15-6-14(7-19(20,21)22)27-17(15)24-12-23-16/h3-4,7-8,14,32H,5-6,9-13H2,1H3;1-5,8,14H,6-7,9-13H2;9,13-14H,3-8,10-12H2,1-2H3;6,12-13H,3-5,7-11H2,1-2H3. The fourth-order valence-corrected chi connectivity index (χ4v) is 23.5. The van der Waals surface area contributed by atoms with Crippen molar-refractivity contribution in [3.63, 3.8) is 0 Å². The topological polar surface area (TPSA) is 149 Å².